The van der Waals surface area contributed by atoms with E-state index >= 15 is 0 Å². The summed E-state index contributed by atoms with van der Waals surface area (Å²) >= 11 is 0. The van der Waals surface area contributed by atoms with Gasteiger partial charge in [-0.2, -0.15) is 0 Å². The maximum Gasteiger partial charge on any atom is 0.0700 e. The molecule has 0 aromatic carbocycles. The summed E-state index contributed by atoms with van der Waals surface area (Å²) < 4.78 is 10.2. The molecule has 0 rings (SSSR count). The molecule has 0 heterocycles. The Labute approximate surface area is 88.2 Å². The molecule has 1 N–H and O–H groups in total. The van der Waals surface area contributed by atoms with Crippen LogP contribution in [0.5, 0.6) is 0 Å². The molecule has 3 heteroatoms. The first kappa shape index (κ1) is 13.9. The summed E-state index contributed by atoms with van der Waals surface area (Å²) in [5.41, 5.74) is 0. The smallest absolute Gasteiger partial charge is 0.0700 e. The Morgan fingerprint density at radius 1 is 1.07 bits per heavy atom. The van der Waals surface area contributed by atoms with Crippen LogP contribution in [0.15, 0.2) is 0 Å². The van der Waals surface area contributed by atoms with Crippen molar-refractivity contribution in [1.82, 2.24) is 5.32 Å². The average molecular weight is 203 g/mol. The molecule has 0 fully saturated rings. The quantitative estimate of drug-likeness (QED) is 0.548. The molecule has 0 saturated heterocycles. The average Bonchev–Trinajstić information content (AvgIpc) is 2.15. The van der Waals surface area contributed by atoms with E-state index in [2.05, 4.69) is 19.2 Å². The minimum absolute atomic E-state index is 0.700. The third-order valence-corrected chi connectivity index (χ3v) is 1.88. The van der Waals surface area contributed by atoms with E-state index in [1.54, 1.807) is 7.11 Å². The van der Waals surface area contributed by atoms with Crippen molar-refractivity contribution in [3.63, 3.8) is 0 Å². The van der Waals surface area contributed by atoms with E-state index in [0.29, 0.717) is 6.61 Å². The standard InChI is InChI=1S/C11H25NO2/c1-11(2)10-12-6-4-5-7-14-9-8-13-3/h11-12H,4-10H2,1-3H3. The van der Waals surface area contributed by atoms with E-state index in [4.69, 9.17) is 9.47 Å². The molecule has 0 radical (unpaired) electrons. The van der Waals surface area contributed by atoms with Gasteiger partial charge in [-0.05, 0) is 31.8 Å². The van der Waals surface area contributed by atoms with Gasteiger partial charge < -0.3 is 14.8 Å². The second-order valence-electron chi connectivity index (χ2n) is 3.91. The summed E-state index contributed by atoms with van der Waals surface area (Å²) in [4.78, 5) is 0. The van der Waals surface area contributed by atoms with Crippen LogP contribution in [-0.2, 0) is 9.47 Å². The highest BCUT2D eigenvalue weighted by Crippen LogP contribution is 1.91. The predicted molar refractivity (Wildman–Crippen MR) is 59.6 cm³/mol. The van der Waals surface area contributed by atoms with E-state index in [1.807, 2.05) is 0 Å². The van der Waals surface area contributed by atoms with E-state index in [-0.39, 0.29) is 0 Å². The summed E-state index contributed by atoms with van der Waals surface area (Å²) in [5, 5.41) is 3.41. The van der Waals surface area contributed by atoms with Crippen molar-refractivity contribution in [3.05, 3.63) is 0 Å². The molecular weight excluding hydrogens is 178 g/mol. The lowest BCUT2D eigenvalue weighted by atomic mass is 10.2. The van der Waals surface area contributed by atoms with Crippen LogP contribution in [-0.4, -0.2) is 40.0 Å². The van der Waals surface area contributed by atoms with Crippen LogP contribution < -0.4 is 5.32 Å². The van der Waals surface area contributed by atoms with Gasteiger partial charge in [0, 0.05) is 13.7 Å². The summed E-state index contributed by atoms with van der Waals surface area (Å²) in [6.45, 7) is 8.94. The largest absolute Gasteiger partial charge is 0.382 e. The Hall–Kier alpha value is -0.120. The first-order valence-corrected chi connectivity index (χ1v) is 5.54. The fourth-order valence-electron chi connectivity index (χ4n) is 1.09. The van der Waals surface area contributed by atoms with Gasteiger partial charge in [-0.1, -0.05) is 13.8 Å². The SMILES string of the molecule is COCCOCCCCNCC(C)C. The molecule has 3 nitrogen and oxygen atoms in total. The van der Waals surface area contributed by atoms with Crippen LogP contribution in [0.25, 0.3) is 0 Å². The van der Waals surface area contributed by atoms with E-state index in [0.717, 1.165) is 38.6 Å². The number of hydrogen-bond donors (Lipinski definition) is 1. The second-order valence-corrected chi connectivity index (χ2v) is 3.91. The highest BCUT2D eigenvalue weighted by Gasteiger charge is 1.93. The van der Waals surface area contributed by atoms with Gasteiger partial charge in [0.15, 0.2) is 0 Å². The van der Waals surface area contributed by atoms with Crippen LogP contribution >= 0.6 is 0 Å². The molecule has 0 aliphatic carbocycles. The van der Waals surface area contributed by atoms with Crippen molar-refractivity contribution >= 4 is 0 Å². The minimum atomic E-state index is 0.700. The molecule has 0 spiro atoms. The van der Waals surface area contributed by atoms with Crippen LogP contribution in [0.4, 0.5) is 0 Å². The Morgan fingerprint density at radius 2 is 1.86 bits per heavy atom. The second kappa shape index (κ2) is 11.0. The topological polar surface area (TPSA) is 30.5 Å². The molecule has 0 aliphatic heterocycles. The normalized spacial score (nSPS) is 11.1. The van der Waals surface area contributed by atoms with E-state index in [1.165, 1.54) is 6.42 Å². The summed E-state index contributed by atoms with van der Waals surface area (Å²) in [7, 11) is 1.69. The Kier molecular flexibility index (Phi) is 10.9. The maximum absolute atomic E-state index is 5.35. The lowest BCUT2D eigenvalue weighted by molar-refractivity contribution is 0.0688. The highest BCUT2D eigenvalue weighted by atomic mass is 16.5. The zero-order valence-electron chi connectivity index (χ0n) is 9.84. The van der Waals surface area contributed by atoms with Gasteiger partial charge >= 0.3 is 0 Å². The Morgan fingerprint density at radius 3 is 2.50 bits per heavy atom. The van der Waals surface area contributed by atoms with Gasteiger partial charge in [-0.25, -0.2) is 0 Å². The van der Waals surface area contributed by atoms with Gasteiger partial charge in [-0.15, -0.1) is 0 Å². The van der Waals surface area contributed by atoms with Crippen molar-refractivity contribution in [2.45, 2.75) is 26.7 Å². The molecular formula is C11H25NO2. The number of methoxy groups -OCH3 is 1. The first-order valence-electron chi connectivity index (χ1n) is 5.54. The van der Waals surface area contributed by atoms with Crippen molar-refractivity contribution in [1.29, 1.82) is 0 Å². The monoisotopic (exact) mass is 203 g/mol. The molecule has 14 heavy (non-hydrogen) atoms. The van der Waals surface area contributed by atoms with Crippen molar-refractivity contribution in [2.24, 2.45) is 5.92 Å². The number of unbranched alkanes of at least 4 members (excludes halogenated alkanes) is 1. The molecule has 86 valence electrons. The zero-order chi connectivity index (χ0) is 10.6. The third kappa shape index (κ3) is 11.9. The molecule has 0 bridgehead atoms. The van der Waals surface area contributed by atoms with Crippen LogP contribution in [0.2, 0.25) is 0 Å². The maximum atomic E-state index is 5.35. The first-order chi connectivity index (χ1) is 6.77. The lowest BCUT2D eigenvalue weighted by Gasteiger charge is -2.07. The molecule has 0 unspecified atom stereocenters. The number of hydrogen-bond acceptors (Lipinski definition) is 3. The van der Waals surface area contributed by atoms with Gasteiger partial charge in [0.1, 0.15) is 0 Å². The summed E-state index contributed by atoms with van der Waals surface area (Å²) in [6, 6.07) is 0. The Balaban J connectivity index is 2.85. The van der Waals surface area contributed by atoms with Crippen molar-refractivity contribution < 1.29 is 9.47 Å². The molecule has 0 atom stereocenters. The van der Waals surface area contributed by atoms with E-state index < -0.39 is 0 Å². The fraction of sp³-hybridized carbons (Fsp3) is 1.00. The fourth-order valence-corrected chi connectivity index (χ4v) is 1.09. The zero-order valence-corrected chi connectivity index (χ0v) is 9.84. The third-order valence-electron chi connectivity index (χ3n) is 1.88. The van der Waals surface area contributed by atoms with Crippen LogP contribution in [0.3, 0.4) is 0 Å². The van der Waals surface area contributed by atoms with Crippen LogP contribution in [0, 0.1) is 5.92 Å². The number of nitrogens with one attached hydrogen (secondary N) is 1. The highest BCUT2D eigenvalue weighted by molar-refractivity contribution is 4.51. The Bertz CT molecular complexity index is 107. The van der Waals surface area contributed by atoms with Crippen molar-refractivity contribution in [3.8, 4) is 0 Å². The molecule has 0 amide bonds. The van der Waals surface area contributed by atoms with Crippen LogP contribution in [0.1, 0.15) is 26.7 Å². The van der Waals surface area contributed by atoms with Gasteiger partial charge in [0.25, 0.3) is 0 Å². The molecule has 0 aliphatic rings. The minimum Gasteiger partial charge on any atom is -0.382 e. The predicted octanol–water partition coefficient (Wildman–Crippen LogP) is 1.68. The summed E-state index contributed by atoms with van der Waals surface area (Å²) in [6.07, 6.45) is 2.33. The van der Waals surface area contributed by atoms with Gasteiger partial charge in [0.2, 0.25) is 0 Å². The lowest BCUT2D eigenvalue weighted by Crippen LogP contribution is -2.21. The summed E-state index contributed by atoms with van der Waals surface area (Å²) in [5.74, 6) is 0.743. The van der Waals surface area contributed by atoms with Gasteiger partial charge in [-0.3, -0.25) is 0 Å². The van der Waals surface area contributed by atoms with E-state index in [9.17, 15) is 0 Å². The van der Waals surface area contributed by atoms with Crippen molar-refractivity contribution in [2.75, 3.05) is 40.0 Å². The molecule has 0 aromatic heterocycles. The molecule has 0 saturated carbocycles. The van der Waals surface area contributed by atoms with Gasteiger partial charge in [0.05, 0.1) is 13.2 Å². The molecule has 0 aromatic rings. The number of rotatable bonds is 10. The number of ether oxygens (including phenoxy) is 2.